The van der Waals surface area contributed by atoms with Crippen molar-refractivity contribution in [3.8, 4) is 0 Å². The van der Waals surface area contributed by atoms with E-state index < -0.39 is 0 Å². The average Bonchev–Trinajstić information content (AvgIpc) is 3.23. The summed E-state index contributed by atoms with van der Waals surface area (Å²) in [6, 6.07) is 16.2. The van der Waals surface area contributed by atoms with E-state index in [9.17, 15) is 5.11 Å². The fraction of sp³-hybridized carbons (Fsp3) is 0.238. The Balaban J connectivity index is 1.44. The van der Waals surface area contributed by atoms with Crippen LogP contribution in [0.1, 0.15) is 17.5 Å². The molecule has 2 heterocycles. The molecule has 0 radical (unpaired) electrons. The third-order valence-corrected chi connectivity index (χ3v) is 6.53. The van der Waals surface area contributed by atoms with E-state index in [0.29, 0.717) is 12.5 Å². The highest BCUT2D eigenvalue weighted by Crippen LogP contribution is 2.33. The van der Waals surface area contributed by atoms with Crippen LogP contribution < -0.4 is 10.2 Å². The Kier molecular flexibility index (Phi) is 6.26. The van der Waals surface area contributed by atoms with Gasteiger partial charge in [-0.15, -0.1) is 0 Å². The molecule has 0 saturated carbocycles. The van der Waals surface area contributed by atoms with Crippen molar-refractivity contribution in [2.45, 2.75) is 29.4 Å². The van der Waals surface area contributed by atoms with Crippen molar-refractivity contribution in [1.29, 1.82) is 0 Å². The van der Waals surface area contributed by atoms with Crippen molar-refractivity contribution in [1.82, 2.24) is 9.36 Å². The van der Waals surface area contributed by atoms with Crippen molar-refractivity contribution >= 4 is 34.4 Å². The molecule has 28 heavy (non-hydrogen) atoms. The number of aliphatic hydroxyl groups is 1. The van der Waals surface area contributed by atoms with Gasteiger partial charge in [0.25, 0.3) is 0 Å². The van der Waals surface area contributed by atoms with Crippen molar-refractivity contribution in [3.63, 3.8) is 0 Å². The fourth-order valence-electron chi connectivity index (χ4n) is 3.01. The Hall–Kier alpha value is -2.35. The molecule has 0 atom stereocenters. The number of aromatic nitrogens is 2. The predicted octanol–water partition coefficient (Wildman–Crippen LogP) is 4.56. The van der Waals surface area contributed by atoms with E-state index >= 15 is 0 Å². The van der Waals surface area contributed by atoms with Crippen LogP contribution in [0.5, 0.6) is 0 Å². The van der Waals surface area contributed by atoms with Gasteiger partial charge in [-0.05, 0) is 29.7 Å². The second kappa shape index (κ2) is 9.23. The van der Waals surface area contributed by atoms with Crippen molar-refractivity contribution in [2.24, 2.45) is 0 Å². The number of hydrogen-bond acceptors (Lipinski definition) is 7. The molecule has 5 nitrogen and oxygen atoms in total. The Morgan fingerprint density at radius 3 is 2.54 bits per heavy atom. The van der Waals surface area contributed by atoms with Gasteiger partial charge < -0.3 is 15.3 Å². The van der Waals surface area contributed by atoms with Gasteiger partial charge in [0, 0.05) is 41.0 Å². The lowest BCUT2D eigenvalue weighted by molar-refractivity contribution is 0.279. The second-order valence-corrected chi connectivity index (χ2v) is 8.25. The maximum Gasteiger partial charge on any atom is 0.236 e. The molecule has 7 heteroatoms. The first-order valence-corrected chi connectivity index (χ1v) is 10.8. The quantitative estimate of drug-likeness (QED) is 0.557. The zero-order valence-corrected chi connectivity index (χ0v) is 17.0. The second-order valence-electron chi connectivity index (χ2n) is 6.44. The van der Waals surface area contributed by atoms with Gasteiger partial charge in [-0.25, -0.2) is 0 Å². The Morgan fingerprint density at radius 2 is 1.79 bits per heavy atom. The first-order valence-electron chi connectivity index (χ1n) is 9.25. The van der Waals surface area contributed by atoms with E-state index in [1.54, 1.807) is 11.8 Å². The molecule has 2 N–H and O–H groups in total. The molecule has 3 aromatic rings. The first kappa shape index (κ1) is 19.0. The van der Waals surface area contributed by atoms with Crippen LogP contribution in [-0.2, 0) is 13.2 Å². The summed E-state index contributed by atoms with van der Waals surface area (Å²) in [7, 11) is 0. The molecule has 0 amide bonds. The number of benzene rings is 2. The highest BCUT2D eigenvalue weighted by atomic mass is 32.2. The molecule has 144 valence electrons. The number of anilines is 2. The lowest BCUT2D eigenvalue weighted by Crippen LogP contribution is -2.26. The van der Waals surface area contributed by atoms with E-state index in [2.05, 4.69) is 43.9 Å². The first-order chi connectivity index (χ1) is 13.8. The normalized spacial score (nSPS) is 13.7. The summed E-state index contributed by atoms with van der Waals surface area (Å²) < 4.78 is 4.46. The molecule has 0 fully saturated rings. The lowest BCUT2D eigenvalue weighted by atomic mass is 10.2. The van der Waals surface area contributed by atoms with Crippen LogP contribution in [0.4, 0.5) is 11.1 Å². The molecule has 0 spiro atoms. The van der Waals surface area contributed by atoms with E-state index in [0.717, 1.165) is 40.0 Å². The minimum absolute atomic E-state index is 0.0425. The number of nitrogens with zero attached hydrogens (tertiary/aromatic N) is 3. The molecule has 1 aromatic heterocycles. The molecule has 0 saturated heterocycles. The number of hydrogen-bond donors (Lipinski definition) is 2. The van der Waals surface area contributed by atoms with Crippen LogP contribution >= 0.6 is 23.3 Å². The summed E-state index contributed by atoms with van der Waals surface area (Å²) in [5, 5.41) is 13.9. The van der Waals surface area contributed by atoms with E-state index in [-0.39, 0.29) is 6.61 Å². The maximum atomic E-state index is 9.58. The molecule has 2 aromatic carbocycles. The van der Waals surface area contributed by atoms with Gasteiger partial charge in [-0.3, -0.25) is 0 Å². The molecule has 0 unspecified atom stereocenters. The number of rotatable bonds is 7. The topological polar surface area (TPSA) is 61.3 Å². The van der Waals surface area contributed by atoms with Gasteiger partial charge in [0.1, 0.15) is 0 Å². The van der Waals surface area contributed by atoms with Gasteiger partial charge in [-0.1, -0.05) is 60.3 Å². The van der Waals surface area contributed by atoms with Gasteiger partial charge in [0.05, 0.1) is 6.61 Å². The highest BCUT2D eigenvalue weighted by molar-refractivity contribution is 7.99. The largest absolute Gasteiger partial charge is 0.392 e. The Labute approximate surface area is 173 Å². The van der Waals surface area contributed by atoms with Crippen molar-refractivity contribution in [2.75, 3.05) is 23.3 Å². The third kappa shape index (κ3) is 4.55. The smallest absolute Gasteiger partial charge is 0.236 e. The zero-order chi connectivity index (χ0) is 19.2. The average molecular weight is 411 g/mol. The number of aliphatic hydroxyl groups excluding tert-OH is 1. The van der Waals surface area contributed by atoms with Crippen molar-refractivity contribution < 1.29 is 5.11 Å². The standard InChI is InChI=1S/C21H22N4OS2/c26-15-17-9-3-5-11-19(17)27-18-10-4-2-8-16(18)14-22-20-23-21(28-24-20)25-12-6-1-7-13-25/h1-6,8-11,26H,7,12-15H2,(H,22,24). The maximum absolute atomic E-state index is 9.58. The SMILES string of the molecule is OCc1ccccc1Sc1ccccc1CNc1nsc(N2CC=CCC2)n1. The summed E-state index contributed by atoms with van der Waals surface area (Å²) in [5.74, 6) is 0.671. The van der Waals surface area contributed by atoms with Gasteiger partial charge in [0.2, 0.25) is 11.1 Å². The van der Waals surface area contributed by atoms with E-state index in [4.69, 9.17) is 0 Å². The lowest BCUT2D eigenvalue weighted by Gasteiger charge is -2.21. The Bertz CT molecular complexity index is 957. The minimum atomic E-state index is 0.0425. The van der Waals surface area contributed by atoms with Crippen LogP contribution in [0.2, 0.25) is 0 Å². The monoisotopic (exact) mass is 410 g/mol. The van der Waals surface area contributed by atoms with Gasteiger partial charge >= 0.3 is 0 Å². The highest BCUT2D eigenvalue weighted by Gasteiger charge is 2.13. The van der Waals surface area contributed by atoms with Crippen LogP contribution in [-0.4, -0.2) is 27.6 Å². The Morgan fingerprint density at radius 1 is 1.04 bits per heavy atom. The summed E-state index contributed by atoms with van der Waals surface area (Å²) in [6.07, 6.45) is 5.44. The summed E-state index contributed by atoms with van der Waals surface area (Å²) in [4.78, 5) is 9.12. The molecule has 1 aliphatic rings. The molecular weight excluding hydrogens is 388 g/mol. The van der Waals surface area contributed by atoms with Gasteiger partial charge in [0.15, 0.2) is 0 Å². The van der Waals surface area contributed by atoms with E-state index in [1.807, 2.05) is 36.4 Å². The van der Waals surface area contributed by atoms with Crippen LogP contribution in [0.3, 0.4) is 0 Å². The molecule has 0 bridgehead atoms. The van der Waals surface area contributed by atoms with E-state index in [1.165, 1.54) is 17.1 Å². The van der Waals surface area contributed by atoms with Crippen LogP contribution in [0.15, 0.2) is 70.5 Å². The summed E-state index contributed by atoms with van der Waals surface area (Å²) in [6.45, 7) is 2.59. The molecule has 0 aliphatic carbocycles. The molecule has 4 rings (SSSR count). The summed E-state index contributed by atoms with van der Waals surface area (Å²) >= 11 is 3.11. The van der Waals surface area contributed by atoms with Crippen molar-refractivity contribution in [3.05, 3.63) is 71.8 Å². The zero-order valence-electron chi connectivity index (χ0n) is 15.4. The molecule has 1 aliphatic heterocycles. The number of nitrogens with one attached hydrogen (secondary N) is 1. The van der Waals surface area contributed by atoms with Crippen LogP contribution in [0.25, 0.3) is 0 Å². The predicted molar refractivity (Wildman–Crippen MR) is 116 cm³/mol. The third-order valence-electron chi connectivity index (χ3n) is 4.52. The minimum Gasteiger partial charge on any atom is -0.392 e. The van der Waals surface area contributed by atoms with Gasteiger partial charge in [-0.2, -0.15) is 9.36 Å². The molecular formula is C21H22N4OS2. The summed E-state index contributed by atoms with van der Waals surface area (Å²) in [5.41, 5.74) is 2.12. The fourth-order valence-corrected chi connectivity index (χ4v) is 4.75. The van der Waals surface area contributed by atoms with Crippen LogP contribution in [0, 0.1) is 0 Å².